The van der Waals surface area contributed by atoms with Crippen LogP contribution in [0.3, 0.4) is 0 Å². The van der Waals surface area contributed by atoms with Crippen molar-refractivity contribution in [2.45, 2.75) is 32.9 Å². The van der Waals surface area contributed by atoms with Crippen LogP contribution in [0.25, 0.3) is 0 Å². The third-order valence-corrected chi connectivity index (χ3v) is 5.87. The third kappa shape index (κ3) is 3.61. The van der Waals surface area contributed by atoms with Gasteiger partial charge >= 0.3 is 0 Å². The molecule has 3 aromatic rings. The van der Waals surface area contributed by atoms with Crippen LogP contribution in [0.15, 0.2) is 42.7 Å². The third-order valence-electron chi connectivity index (χ3n) is 5.87. The highest BCUT2D eigenvalue weighted by Crippen LogP contribution is 2.36. The fourth-order valence-electron chi connectivity index (χ4n) is 4.16. The van der Waals surface area contributed by atoms with E-state index in [4.69, 9.17) is 9.47 Å². The van der Waals surface area contributed by atoms with Crippen LogP contribution in [0.4, 0.5) is 11.5 Å². The van der Waals surface area contributed by atoms with E-state index in [0.29, 0.717) is 12.1 Å². The van der Waals surface area contributed by atoms with Crippen molar-refractivity contribution < 1.29 is 9.47 Å². The molecule has 0 spiro atoms. The van der Waals surface area contributed by atoms with E-state index in [1.165, 1.54) is 0 Å². The summed E-state index contributed by atoms with van der Waals surface area (Å²) in [4.78, 5) is 11.3. The Hall–Kier alpha value is -3.79. The Morgan fingerprint density at radius 3 is 2.87 bits per heavy atom. The van der Waals surface area contributed by atoms with Crippen LogP contribution in [-0.2, 0) is 13.0 Å². The molecule has 7 nitrogen and oxygen atoms in total. The summed E-state index contributed by atoms with van der Waals surface area (Å²) in [6.45, 7) is 5.84. The zero-order chi connectivity index (χ0) is 21.4. The van der Waals surface area contributed by atoms with Gasteiger partial charge in [0.1, 0.15) is 18.2 Å². The number of ether oxygens (including phenoxy) is 2. The van der Waals surface area contributed by atoms with Crippen molar-refractivity contribution in [3.05, 3.63) is 70.7 Å². The molecule has 0 aliphatic carbocycles. The first-order valence-electron chi connectivity index (χ1n) is 10.4. The molecule has 0 unspecified atom stereocenters. The van der Waals surface area contributed by atoms with E-state index in [9.17, 15) is 5.26 Å². The van der Waals surface area contributed by atoms with Gasteiger partial charge in [0.2, 0.25) is 6.79 Å². The number of nitriles is 1. The van der Waals surface area contributed by atoms with Gasteiger partial charge in [-0.1, -0.05) is 12.1 Å². The van der Waals surface area contributed by atoms with Crippen molar-refractivity contribution in [1.82, 2.24) is 9.97 Å². The second-order valence-electron chi connectivity index (χ2n) is 7.93. The lowest BCUT2D eigenvalue weighted by Gasteiger charge is -2.32. The Morgan fingerprint density at radius 2 is 2.00 bits per heavy atom. The number of anilines is 2. The molecule has 156 valence electrons. The molecule has 7 heteroatoms. The number of rotatable bonds is 4. The molecule has 0 saturated heterocycles. The van der Waals surface area contributed by atoms with Crippen LogP contribution in [0.2, 0.25) is 0 Å². The molecule has 0 amide bonds. The number of nitrogens with one attached hydrogen (secondary N) is 1. The monoisotopic (exact) mass is 413 g/mol. The van der Waals surface area contributed by atoms with Gasteiger partial charge in [-0.2, -0.15) is 5.26 Å². The molecular formula is C24H23N5O2. The number of aryl methyl sites for hydroxylation is 1. The van der Waals surface area contributed by atoms with Gasteiger partial charge in [-0.15, -0.1) is 0 Å². The maximum atomic E-state index is 9.60. The average molecular weight is 413 g/mol. The van der Waals surface area contributed by atoms with Gasteiger partial charge in [0, 0.05) is 25.1 Å². The molecule has 2 aromatic carbocycles. The molecular weight excluding hydrogens is 390 g/mol. The van der Waals surface area contributed by atoms with Crippen LogP contribution in [0, 0.1) is 18.3 Å². The Kier molecular flexibility index (Phi) is 4.83. The molecule has 0 fully saturated rings. The van der Waals surface area contributed by atoms with E-state index in [-0.39, 0.29) is 12.8 Å². The van der Waals surface area contributed by atoms with Gasteiger partial charge in [0.25, 0.3) is 0 Å². The second-order valence-corrected chi connectivity index (χ2v) is 7.93. The Balaban J connectivity index is 1.41. The average Bonchev–Trinajstić information content (AvgIpc) is 3.27. The highest BCUT2D eigenvalue weighted by atomic mass is 16.7. The molecule has 2 aliphatic rings. The predicted molar refractivity (Wildman–Crippen MR) is 117 cm³/mol. The van der Waals surface area contributed by atoms with Crippen LogP contribution < -0.4 is 19.7 Å². The van der Waals surface area contributed by atoms with E-state index < -0.39 is 0 Å². The van der Waals surface area contributed by atoms with Gasteiger partial charge in [0.05, 0.1) is 23.0 Å². The van der Waals surface area contributed by atoms with Crippen molar-refractivity contribution >= 4 is 11.5 Å². The molecule has 3 heterocycles. The predicted octanol–water partition coefficient (Wildman–Crippen LogP) is 4.12. The Morgan fingerprint density at radius 1 is 1.13 bits per heavy atom. The highest BCUT2D eigenvalue weighted by Gasteiger charge is 2.24. The van der Waals surface area contributed by atoms with Crippen molar-refractivity contribution in [2.24, 2.45) is 0 Å². The summed E-state index contributed by atoms with van der Waals surface area (Å²) in [6.07, 6.45) is 2.43. The van der Waals surface area contributed by atoms with E-state index in [1.807, 2.05) is 43.3 Å². The maximum Gasteiger partial charge on any atom is 0.231 e. The van der Waals surface area contributed by atoms with Crippen LogP contribution >= 0.6 is 0 Å². The normalized spacial score (nSPS) is 15.2. The van der Waals surface area contributed by atoms with Gasteiger partial charge in [-0.05, 0) is 49.2 Å². The zero-order valence-corrected chi connectivity index (χ0v) is 17.6. The van der Waals surface area contributed by atoms with Crippen molar-refractivity contribution in [3.63, 3.8) is 0 Å². The summed E-state index contributed by atoms with van der Waals surface area (Å²) >= 11 is 0. The summed E-state index contributed by atoms with van der Waals surface area (Å²) in [5.41, 5.74) is 5.96. The topological polar surface area (TPSA) is 83.3 Å². The highest BCUT2D eigenvalue weighted by molar-refractivity contribution is 5.63. The first-order chi connectivity index (χ1) is 15.1. The summed E-state index contributed by atoms with van der Waals surface area (Å²) in [6, 6.07) is 14.4. The number of hydrogen-bond donors (Lipinski definition) is 1. The number of fused-ring (bicyclic) bond motifs is 2. The number of benzene rings is 2. The minimum atomic E-state index is 0.0259. The minimum absolute atomic E-state index is 0.0259. The molecule has 0 radical (unpaired) electrons. The van der Waals surface area contributed by atoms with E-state index >= 15 is 0 Å². The Bertz CT molecular complexity index is 1190. The quantitative estimate of drug-likeness (QED) is 0.689. The van der Waals surface area contributed by atoms with E-state index in [0.717, 1.165) is 58.4 Å². The van der Waals surface area contributed by atoms with Gasteiger partial charge in [-0.3, -0.25) is 0 Å². The van der Waals surface area contributed by atoms with Gasteiger partial charge in [-0.25, -0.2) is 9.97 Å². The zero-order valence-electron chi connectivity index (χ0n) is 17.6. The lowest BCUT2D eigenvalue weighted by Crippen LogP contribution is -2.32. The first-order valence-corrected chi connectivity index (χ1v) is 10.4. The van der Waals surface area contributed by atoms with Crippen LogP contribution in [-0.4, -0.2) is 23.3 Å². The smallest absolute Gasteiger partial charge is 0.231 e. The summed E-state index contributed by atoms with van der Waals surface area (Å²) in [7, 11) is 0. The molecule has 1 N–H and O–H groups in total. The Labute approximate surface area is 181 Å². The van der Waals surface area contributed by atoms with E-state index in [1.54, 1.807) is 6.33 Å². The maximum absolute atomic E-state index is 9.60. The first kappa shape index (κ1) is 19.2. The standard InChI is InChI=1S/C24H23N5O2/c1-15-3-5-21(18(9-15)11-25)29-8-7-20-19(12-29)24(27-13-26-20)28-16(2)17-4-6-22-23(10-17)31-14-30-22/h3-6,9-10,13,16H,7-8,12,14H2,1-2H3,(H,26,27,28)/t16-/m0/s1. The lowest BCUT2D eigenvalue weighted by molar-refractivity contribution is 0.174. The largest absolute Gasteiger partial charge is 0.454 e. The molecule has 1 aromatic heterocycles. The minimum Gasteiger partial charge on any atom is -0.454 e. The molecule has 0 saturated carbocycles. The fraction of sp³-hybridized carbons (Fsp3) is 0.292. The van der Waals surface area contributed by atoms with Crippen LogP contribution in [0.5, 0.6) is 11.5 Å². The molecule has 5 rings (SSSR count). The van der Waals surface area contributed by atoms with Crippen LogP contribution in [0.1, 0.15) is 40.9 Å². The van der Waals surface area contributed by atoms with Crippen molar-refractivity contribution in [2.75, 3.05) is 23.6 Å². The number of hydrogen-bond acceptors (Lipinski definition) is 7. The fourth-order valence-corrected chi connectivity index (χ4v) is 4.16. The number of aromatic nitrogens is 2. The number of nitrogens with zero attached hydrogens (tertiary/aromatic N) is 4. The summed E-state index contributed by atoms with van der Waals surface area (Å²) < 4.78 is 10.9. The molecule has 31 heavy (non-hydrogen) atoms. The lowest BCUT2D eigenvalue weighted by atomic mass is 10.0. The SMILES string of the molecule is Cc1ccc(N2CCc3ncnc(N[C@@H](C)c4ccc5c(c4)OCO5)c3C2)c(C#N)c1. The van der Waals surface area contributed by atoms with Crippen molar-refractivity contribution in [3.8, 4) is 17.6 Å². The summed E-state index contributed by atoms with van der Waals surface area (Å²) in [5, 5.41) is 13.2. The molecule has 2 aliphatic heterocycles. The molecule has 1 atom stereocenters. The van der Waals surface area contributed by atoms with Gasteiger partial charge in [0.15, 0.2) is 11.5 Å². The van der Waals surface area contributed by atoms with Gasteiger partial charge < -0.3 is 19.7 Å². The van der Waals surface area contributed by atoms with Crippen molar-refractivity contribution in [1.29, 1.82) is 5.26 Å². The van der Waals surface area contributed by atoms with E-state index in [2.05, 4.69) is 33.2 Å². The second kappa shape index (κ2) is 7.80. The summed E-state index contributed by atoms with van der Waals surface area (Å²) in [5.74, 6) is 2.37. The molecule has 0 bridgehead atoms.